The van der Waals surface area contributed by atoms with Crippen molar-refractivity contribution in [1.82, 2.24) is 4.98 Å². The van der Waals surface area contributed by atoms with Crippen LogP contribution in [0.1, 0.15) is 17.4 Å². The largest absolute Gasteiger partial charge is 0.461 e. The van der Waals surface area contributed by atoms with Crippen LogP contribution in [0.5, 0.6) is 0 Å². The molecule has 0 unspecified atom stereocenters. The Morgan fingerprint density at radius 2 is 2.28 bits per heavy atom. The van der Waals surface area contributed by atoms with Crippen LogP contribution < -0.4 is 0 Å². The van der Waals surface area contributed by atoms with E-state index in [-0.39, 0.29) is 23.0 Å². The van der Waals surface area contributed by atoms with Crippen molar-refractivity contribution < 1.29 is 14.5 Å². The summed E-state index contributed by atoms with van der Waals surface area (Å²) in [6, 6.07) is 4.16. The number of nitrogens with one attached hydrogen (secondary N) is 1. The van der Waals surface area contributed by atoms with E-state index in [1.165, 1.54) is 18.2 Å². The number of aromatic amines is 1. The molecule has 0 fully saturated rings. The molecule has 0 aliphatic heterocycles. The van der Waals surface area contributed by atoms with E-state index in [0.717, 1.165) is 0 Å². The van der Waals surface area contributed by atoms with Crippen LogP contribution in [0.25, 0.3) is 10.9 Å². The highest BCUT2D eigenvalue weighted by Crippen LogP contribution is 2.30. The zero-order valence-electron chi connectivity index (χ0n) is 9.40. The minimum absolute atomic E-state index is 0.0844. The van der Waals surface area contributed by atoms with E-state index < -0.39 is 10.9 Å². The molecule has 1 aromatic carbocycles. The first kappa shape index (κ1) is 12.4. The van der Waals surface area contributed by atoms with Crippen molar-refractivity contribution in [3.63, 3.8) is 0 Å². The first-order valence-electron chi connectivity index (χ1n) is 5.17. The van der Waals surface area contributed by atoms with Gasteiger partial charge in [-0.2, -0.15) is 0 Å². The van der Waals surface area contributed by atoms with E-state index in [1.54, 1.807) is 6.92 Å². The van der Waals surface area contributed by atoms with Gasteiger partial charge in [0.05, 0.1) is 16.6 Å². The molecule has 2 rings (SSSR count). The second kappa shape index (κ2) is 4.66. The molecule has 0 aliphatic carbocycles. The molecule has 6 nitrogen and oxygen atoms in total. The number of aromatic nitrogens is 1. The first-order valence-corrected chi connectivity index (χ1v) is 5.55. The molecular formula is C11H9ClN2O4. The third-order valence-electron chi connectivity index (χ3n) is 2.41. The van der Waals surface area contributed by atoms with E-state index in [9.17, 15) is 14.9 Å². The fourth-order valence-electron chi connectivity index (χ4n) is 1.60. The van der Waals surface area contributed by atoms with Crippen molar-refractivity contribution in [3.8, 4) is 0 Å². The van der Waals surface area contributed by atoms with Crippen molar-refractivity contribution in [2.75, 3.05) is 6.61 Å². The number of nitro benzene ring substituents is 1. The lowest BCUT2D eigenvalue weighted by Crippen LogP contribution is -2.05. The fraction of sp³-hybridized carbons (Fsp3) is 0.182. The number of rotatable bonds is 3. The van der Waals surface area contributed by atoms with Gasteiger partial charge in [0.2, 0.25) is 0 Å². The number of benzene rings is 1. The summed E-state index contributed by atoms with van der Waals surface area (Å²) in [5, 5.41) is 11.2. The average molecular weight is 269 g/mol. The van der Waals surface area contributed by atoms with Gasteiger partial charge in [0.25, 0.3) is 5.69 Å². The zero-order chi connectivity index (χ0) is 13.3. The highest BCUT2D eigenvalue weighted by Gasteiger charge is 2.19. The molecular weight excluding hydrogens is 260 g/mol. The Morgan fingerprint density at radius 3 is 2.89 bits per heavy atom. The summed E-state index contributed by atoms with van der Waals surface area (Å²) < 4.78 is 4.83. The normalized spacial score (nSPS) is 10.6. The highest BCUT2D eigenvalue weighted by atomic mass is 35.5. The monoisotopic (exact) mass is 268 g/mol. The average Bonchev–Trinajstić information content (AvgIpc) is 2.67. The number of fused-ring (bicyclic) bond motifs is 1. The van der Waals surface area contributed by atoms with E-state index in [1.807, 2.05) is 0 Å². The van der Waals surface area contributed by atoms with Crippen LogP contribution in [0, 0.1) is 10.1 Å². The van der Waals surface area contributed by atoms with Crippen LogP contribution in [0.2, 0.25) is 5.02 Å². The predicted molar refractivity (Wildman–Crippen MR) is 65.9 cm³/mol. The molecule has 0 atom stereocenters. The highest BCUT2D eigenvalue weighted by molar-refractivity contribution is 6.38. The van der Waals surface area contributed by atoms with Gasteiger partial charge in [-0.05, 0) is 13.0 Å². The lowest BCUT2D eigenvalue weighted by atomic mass is 10.2. The molecule has 7 heteroatoms. The molecule has 0 spiro atoms. The summed E-state index contributed by atoms with van der Waals surface area (Å²) in [5.74, 6) is -0.582. The van der Waals surface area contributed by atoms with Crippen LogP contribution in [0.15, 0.2) is 18.2 Å². The Hall–Kier alpha value is -2.08. The van der Waals surface area contributed by atoms with Gasteiger partial charge in [-0.25, -0.2) is 4.79 Å². The number of esters is 1. The van der Waals surface area contributed by atoms with Crippen molar-refractivity contribution in [3.05, 3.63) is 39.0 Å². The quantitative estimate of drug-likeness (QED) is 0.527. The number of nitro groups is 1. The number of halogens is 1. The molecule has 0 aliphatic rings. The second-order valence-electron chi connectivity index (χ2n) is 3.52. The van der Waals surface area contributed by atoms with E-state index in [0.29, 0.717) is 10.9 Å². The second-order valence-corrected chi connectivity index (χ2v) is 3.90. The Bertz CT molecular complexity index is 635. The summed E-state index contributed by atoms with van der Waals surface area (Å²) in [7, 11) is 0. The van der Waals surface area contributed by atoms with Gasteiger partial charge < -0.3 is 9.72 Å². The molecule has 1 heterocycles. The molecule has 1 N–H and O–H groups in total. The van der Waals surface area contributed by atoms with Crippen molar-refractivity contribution >= 4 is 34.2 Å². The van der Waals surface area contributed by atoms with Gasteiger partial charge in [0.1, 0.15) is 5.69 Å². The molecule has 1 aromatic heterocycles. The summed E-state index contributed by atoms with van der Waals surface area (Å²) >= 11 is 6.01. The number of carbonyl (C=O) groups excluding carboxylic acids is 1. The lowest BCUT2D eigenvalue weighted by Gasteiger charge is -1.98. The topological polar surface area (TPSA) is 85.2 Å². The Labute approximate surface area is 107 Å². The smallest absolute Gasteiger partial charge is 0.356 e. The van der Waals surface area contributed by atoms with Gasteiger partial charge in [-0.15, -0.1) is 0 Å². The zero-order valence-corrected chi connectivity index (χ0v) is 10.2. The fourth-order valence-corrected chi connectivity index (χ4v) is 1.89. The number of hydrogen-bond acceptors (Lipinski definition) is 4. The summed E-state index contributed by atoms with van der Waals surface area (Å²) in [5.41, 5.74) is 0.571. The number of carbonyl (C=O) groups is 1. The van der Waals surface area contributed by atoms with Gasteiger partial charge in [-0.1, -0.05) is 11.6 Å². The van der Waals surface area contributed by atoms with Crippen LogP contribution in [0.4, 0.5) is 5.69 Å². The van der Waals surface area contributed by atoms with E-state index in [4.69, 9.17) is 16.3 Å². The number of hydrogen-bond donors (Lipinski definition) is 1. The maximum absolute atomic E-state index is 11.6. The summed E-state index contributed by atoms with van der Waals surface area (Å²) in [6.07, 6.45) is 0. The third kappa shape index (κ3) is 2.02. The Morgan fingerprint density at radius 1 is 1.56 bits per heavy atom. The number of H-pyrrole nitrogens is 1. The number of nitrogens with zero attached hydrogens (tertiary/aromatic N) is 1. The molecule has 94 valence electrons. The van der Waals surface area contributed by atoms with Crippen LogP contribution in [-0.2, 0) is 4.74 Å². The Kier molecular flexibility index (Phi) is 3.20. The van der Waals surface area contributed by atoms with Crippen molar-refractivity contribution in [2.24, 2.45) is 0 Å². The standard InChI is InChI=1S/C11H9ClN2O4/c1-2-18-11(15)10-9(12)7-5-6(14(16)17)3-4-8(7)13-10/h3-5,13H,2H2,1H3. The lowest BCUT2D eigenvalue weighted by molar-refractivity contribution is -0.384. The van der Waals surface area contributed by atoms with E-state index in [2.05, 4.69) is 4.98 Å². The molecule has 2 aromatic rings. The van der Waals surface area contributed by atoms with Crippen molar-refractivity contribution in [1.29, 1.82) is 0 Å². The van der Waals surface area contributed by atoms with Gasteiger partial charge in [0, 0.05) is 23.0 Å². The van der Waals surface area contributed by atoms with Gasteiger partial charge in [0.15, 0.2) is 0 Å². The maximum atomic E-state index is 11.6. The molecule has 0 saturated heterocycles. The van der Waals surface area contributed by atoms with Gasteiger partial charge in [-0.3, -0.25) is 10.1 Å². The maximum Gasteiger partial charge on any atom is 0.356 e. The summed E-state index contributed by atoms with van der Waals surface area (Å²) in [6.45, 7) is 1.91. The molecule has 0 amide bonds. The van der Waals surface area contributed by atoms with Crippen LogP contribution >= 0.6 is 11.6 Å². The third-order valence-corrected chi connectivity index (χ3v) is 2.80. The molecule has 0 radical (unpaired) electrons. The summed E-state index contributed by atoms with van der Waals surface area (Å²) in [4.78, 5) is 24.5. The minimum atomic E-state index is -0.582. The van der Waals surface area contributed by atoms with Gasteiger partial charge >= 0.3 is 5.97 Å². The molecule has 0 bridgehead atoms. The van der Waals surface area contributed by atoms with Crippen molar-refractivity contribution in [2.45, 2.75) is 6.92 Å². The number of non-ortho nitro benzene ring substituents is 1. The molecule has 18 heavy (non-hydrogen) atoms. The number of ether oxygens (including phenoxy) is 1. The van der Waals surface area contributed by atoms with Crippen LogP contribution in [-0.4, -0.2) is 22.5 Å². The molecule has 0 saturated carbocycles. The minimum Gasteiger partial charge on any atom is -0.461 e. The van der Waals surface area contributed by atoms with Crippen LogP contribution in [0.3, 0.4) is 0 Å². The van der Waals surface area contributed by atoms with E-state index >= 15 is 0 Å². The predicted octanol–water partition coefficient (Wildman–Crippen LogP) is 2.91. The first-order chi connectivity index (χ1) is 8.54. The Balaban J connectivity index is 2.56. The SMILES string of the molecule is CCOC(=O)c1[nH]c2ccc([N+](=O)[O-])cc2c1Cl.